The van der Waals surface area contributed by atoms with Gasteiger partial charge in [-0.15, -0.1) is 24.0 Å². The van der Waals surface area contributed by atoms with Gasteiger partial charge in [-0.2, -0.15) is 0 Å². The molecular formula is C17H31IN4O. The van der Waals surface area contributed by atoms with E-state index in [0.29, 0.717) is 12.1 Å². The van der Waals surface area contributed by atoms with Crippen molar-refractivity contribution in [3.63, 3.8) is 0 Å². The monoisotopic (exact) mass is 434 g/mol. The molecule has 1 fully saturated rings. The molecule has 2 heterocycles. The van der Waals surface area contributed by atoms with Crippen molar-refractivity contribution in [3.05, 3.63) is 24.2 Å². The molecule has 1 aromatic heterocycles. The van der Waals surface area contributed by atoms with Gasteiger partial charge in [0.1, 0.15) is 5.76 Å². The SMILES string of the molecule is CCNC(=NCCc1ccco1)NC1CCN(C(C)C)CC1.I. The van der Waals surface area contributed by atoms with E-state index in [2.05, 4.69) is 41.3 Å². The van der Waals surface area contributed by atoms with Crippen LogP contribution >= 0.6 is 24.0 Å². The zero-order valence-corrected chi connectivity index (χ0v) is 16.9. The minimum absolute atomic E-state index is 0. The number of piperidine rings is 1. The van der Waals surface area contributed by atoms with Crippen LogP contribution in [-0.2, 0) is 6.42 Å². The Hall–Kier alpha value is -0.760. The fourth-order valence-corrected chi connectivity index (χ4v) is 2.81. The van der Waals surface area contributed by atoms with E-state index in [1.807, 2.05) is 12.1 Å². The van der Waals surface area contributed by atoms with E-state index in [9.17, 15) is 0 Å². The van der Waals surface area contributed by atoms with Gasteiger partial charge < -0.3 is 20.0 Å². The maximum absolute atomic E-state index is 5.34. The van der Waals surface area contributed by atoms with Crippen molar-refractivity contribution in [2.45, 2.75) is 52.1 Å². The summed E-state index contributed by atoms with van der Waals surface area (Å²) in [6, 6.07) is 5.09. The molecule has 0 spiro atoms. The molecular weight excluding hydrogens is 403 g/mol. The maximum Gasteiger partial charge on any atom is 0.191 e. The molecule has 0 aliphatic carbocycles. The number of hydrogen-bond acceptors (Lipinski definition) is 3. The van der Waals surface area contributed by atoms with E-state index < -0.39 is 0 Å². The Morgan fingerprint density at radius 2 is 2.13 bits per heavy atom. The minimum Gasteiger partial charge on any atom is -0.469 e. The molecule has 1 aliphatic heterocycles. The molecule has 5 nitrogen and oxygen atoms in total. The zero-order valence-electron chi connectivity index (χ0n) is 14.5. The number of likely N-dealkylation sites (tertiary alicyclic amines) is 1. The van der Waals surface area contributed by atoms with Gasteiger partial charge in [-0.1, -0.05) is 0 Å². The van der Waals surface area contributed by atoms with E-state index in [0.717, 1.165) is 31.2 Å². The van der Waals surface area contributed by atoms with Crippen LogP contribution < -0.4 is 10.6 Å². The van der Waals surface area contributed by atoms with Crippen molar-refractivity contribution in [2.75, 3.05) is 26.2 Å². The summed E-state index contributed by atoms with van der Waals surface area (Å²) >= 11 is 0. The molecule has 0 radical (unpaired) electrons. The van der Waals surface area contributed by atoms with Crippen LogP contribution in [0.25, 0.3) is 0 Å². The molecule has 0 saturated carbocycles. The first kappa shape index (κ1) is 20.3. The highest BCUT2D eigenvalue weighted by molar-refractivity contribution is 14.0. The van der Waals surface area contributed by atoms with Crippen LogP contribution in [-0.4, -0.2) is 49.1 Å². The van der Waals surface area contributed by atoms with Crippen LogP contribution in [0.4, 0.5) is 0 Å². The fourth-order valence-electron chi connectivity index (χ4n) is 2.81. The van der Waals surface area contributed by atoms with Crippen molar-refractivity contribution in [2.24, 2.45) is 4.99 Å². The van der Waals surface area contributed by atoms with Gasteiger partial charge in [-0.3, -0.25) is 4.99 Å². The van der Waals surface area contributed by atoms with E-state index in [4.69, 9.17) is 4.42 Å². The number of aliphatic imine (C=N–C) groups is 1. The van der Waals surface area contributed by atoms with Gasteiger partial charge in [-0.05, 0) is 45.7 Å². The normalized spacial score (nSPS) is 17.1. The average Bonchev–Trinajstić information content (AvgIpc) is 3.01. The Morgan fingerprint density at radius 1 is 1.39 bits per heavy atom. The number of furan rings is 1. The largest absolute Gasteiger partial charge is 0.469 e. The Bertz CT molecular complexity index is 439. The summed E-state index contributed by atoms with van der Waals surface area (Å²) in [5, 5.41) is 6.92. The second-order valence-corrected chi connectivity index (χ2v) is 6.14. The van der Waals surface area contributed by atoms with E-state index in [1.54, 1.807) is 6.26 Å². The highest BCUT2D eigenvalue weighted by Crippen LogP contribution is 2.12. The number of nitrogens with zero attached hydrogens (tertiary/aromatic N) is 2. The van der Waals surface area contributed by atoms with Gasteiger partial charge in [0.2, 0.25) is 0 Å². The first-order valence-electron chi connectivity index (χ1n) is 8.50. The third kappa shape index (κ3) is 7.12. The van der Waals surface area contributed by atoms with Gasteiger partial charge in [-0.25, -0.2) is 0 Å². The highest BCUT2D eigenvalue weighted by Gasteiger charge is 2.21. The van der Waals surface area contributed by atoms with Crippen LogP contribution in [0, 0.1) is 0 Å². The summed E-state index contributed by atoms with van der Waals surface area (Å²) in [6.45, 7) is 10.6. The Labute approximate surface area is 157 Å². The summed E-state index contributed by atoms with van der Waals surface area (Å²) in [5.41, 5.74) is 0. The lowest BCUT2D eigenvalue weighted by molar-refractivity contribution is 0.167. The van der Waals surface area contributed by atoms with Crippen LogP contribution in [0.1, 0.15) is 39.4 Å². The first-order chi connectivity index (χ1) is 10.7. The maximum atomic E-state index is 5.34. The minimum atomic E-state index is 0. The molecule has 0 aromatic carbocycles. The fraction of sp³-hybridized carbons (Fsp3) is 0.706. The van der Waals surface area contributed by atoms with Crippen LogP contribution in [0.3, 0.4) is 0 Å². The summed E-state index contributed by atoms with van der Waals surface area (Å²) in [6.07, 6.45) is 4.92. The predicted octanol–water partition coefficient (Wildman–Crippen LogP) is 2.87. The Morgan fingerprint density at radius 3 is 2.70 bits per heavy atom. The van der Waals surface area contributed by atoms with Gasteiger partial charge in [0.05, 0.1) is 6.26 Å². The average molecular weight is 434 g/mol. The smallest absolute Gasteiger partial charge is 0.191 e. The quantitative estimate of drug-likeness (QED) is 0.411. The van der Waals surface area contributed by atoms with Crippen molar-refractivity contribution >= 4 is 29.9 Å². The zero-order chi connectivity index (χ0) is 15.8. The van der Waals surface area contributed by atoms with E-state index in [-0.39, 0.29) is 24.0 Å². The van der Waals surface area contributed by atoms with E-state index in [1.165, 1.54) is 25.9 Å². The summed E-state index contributed by atoms with van der Waals surface area (Å²) < 4.78 is 5.34. The third-order valence-electron chi connectivity index (χ3n) is 4.15. The topological polar surface area (TPSA) is 52.8 Å². The first-order valence-corrected chi connectivity index (χ1v) is 8.50. The number of guanidine groups is 1. The Balaban J connectivity index is 0.00000264. The molecule has 6 heteroatoms. The molecule has 1 aliphatic rings. The molecule has 0 bridgehead atoms. The lowest BCUT2D eigenvalue weighted by atomic mass is 10.0. The lowest BCUT2D eigenvalue weighted by Crippen LogP contribution is -2.49. The molecule has 1 aromatic rings. The van der Waals surface area contributed by atoms with Gasteiger partial charge in [0, 0.05) is 44.7 Å². The molecule has 0 amide bonds. The van der Waals surface area contributed by atoms with Gasteiger partial charge >= 0.3 is 0 Å². The van der Waals surface area contributed by atoms with Gasteiger partial charge in [0.15, 0.2) is 5.96 Å². The summed E-state index contributed by atoms with van der Waals surface area (Å²) in [5.74, 6) is 1.92. The van der Waals surface area contributed by atoms with Crippen molar-refractivity contribution in [1.82, 2.24) is 15.5 Å². The van der Waals surface area contributed by atoms with Crippen molar-refractivity contribution < 1.29 is 4.42 Å². The molecule has 2 rings (SSSR count). The van der Waals surface area contributed by atoms with Crippen LogP contribution in [0.5, 0.6) is 0 Å². The number of rotatable bonds is 6. The summed E-state index contributed by atoms with van der Waals surface area (Å²) in [7, 11) is 0. The lowest BCUT2D eigenvalue weighted by Gasteiger charge is -2.35. The van der Waals surface area contributed by atoms with Crippen LogP contribution in [0.2, 0.25) is 0 Å². The molecule has 23 heavy (non-hydrogen) atoms. The number of halogens is 1. The Kier molecular flexibility index (Phi) is 9.62. The standard InChI is InChI=1S/C17H30N4O.HI/c1-4-18-17(19-10-7-16-6-5-13-22-16)20-15-8-11-21(12-9-15)14(2)3;/h5-6,13-15H,4,7-12H2,1-3H3,(H2,18,19,20);1H. The van der Waals surface area contributed by atoms with Gasteiger partial charge in [0.25, 0.3) is 0 Å². The molecule has 1 saturated heterocycles. The molecule has 0 atom stereocenters. The number of hydrogen-bond donors (Lipinski definition) is 2. The second kappa shape index (κ2) is 10.9. The molecule has 0 unspecified atom stereocenters. The molecule has 2 N–H and O–H groups in total. The van der Waals surface area contributed by atoms with Crippen molar-refractivity contribution in [1.29, 1.82) is 0 Å². The summed E-state index contributed by atoms with van der Waals surface area (Å²) in [4.78, 5) is 7.20. The van der Waals surface area contributed by atoms with Crippen molar-refractivity contribution in [3.8, 4) is 0 Å². The second-order valence-electron chi connectivity index (χ2n) is 6.14. The van der Waals surface area contributed by atoms with Crippen LogP contribution in [0.15, 0.2) is 27.8 Å². The highest BCUT2D eigenvalue weighted by atomic mass is 127. The number of nitrogens with one attached hydrogen (secondary N) is 2. The molecule has 132 valence electrons. The third-order valence-corrected chi connectivity index (χ3v) is 4.15. The predicted molar refractivity (Wildman–Crippen MR) is 107 cm³/mol. The van der Waals surface area contributed by atoms with E-state index >= 15 is 0 Å².